The lowest BCUT2D eigenvalue weighted by atomic mass is 10.1. The Morgan fingerprint density at radius 2 is 1.87 bits per heavy atom. The summed E-state index contributed by atoms with van der Waals surface area (Å²) in [7, 11) is 1.68. The number of amides is 1. The fourth-order valence-corrected chi connectivity index (χ4v) is 4.46. The number of carbonyl (C=O) groups is 1. The van der Waals surface area contributed by atoms with Gasteiger partial charge in [-0.25, -0.2) is 9.97 Å². The molecule has 154 valence electrons. The Bertz CT molecular complexity index is 1170. The summed E-state index contributed by atoms with van der Waals surface area (Å²) in [4.78, 5) is 23.3. The minimum atomic E-state index is -0.285. The number of aryl methyl sites for hydroxylation is 1. The fourth-order valence-electron chi connectivity index (χ4n) is 3.54. The number of benzene rings is 2. The summed E-state index contributed by atoms with van der Waals surface area (Å²) >= 11 is 1.53. The molecule has 0 unspecified atom stereocenters. The molecule has 0 fully saturated rings. The average Bonchev–Trinajstić information content (AvgIpc) is 3.33. The number of rotatable bonds is 7. The number of imidazole rings is 1. The molecule has 0 bridgehead atoms. The summed E-state index contributed by atoms with van der Waals surface area (Å²) in [6.45, 7) is 5.10. The van der Waals surface area contributed by atoms with Gasteiger partial charge in [-0.1, -0.05) is 42.5 Å². The Labute approximate surface area is 179 Å². The Morgan fingerprint density at radius 3 is 2.63 bits per heavy atom. The predicted octanol–water partition coefficient (Wildman–Crippen LogP) is 4.61. The third-order valence-electron chi connectivity index (χ3n) is 4.92. The highest BCUT2D eigenvalue weighted by Gasteiger charge is 2.23. The monoisotopic (exact) mass is 420 g/mol. The topological polar surface area (TPSA) is 69.0 Å². The molecule has 2 aromatic heterocycles. The van der Waals surface area contributed by atoms with Crippen molar-refractivity contribution in [3.8, 4) is 10.4 Å². The van der Waals surface area contributed by atoms with Crippen LogP contribution in [-0.2, 0) is 11.3 Å². The molecule has 2 aromatic carbocycles. The van der Waals surface area contributed by atoms with Crippen LogP contribution in [-0.4, -0.2) is 34.2 Å². The van der Waals surface area contributed by atoms with Crippen LogP contribution < -0.4 is 5.32 Å². The van der Waals surface area contributed by atoms with Crippen LogP contribution in [0, 0.1) is 6.92 Å². The number of nitrogens with one attached hydrogen (secondary N) is 1. The van der Waals surface area contributed by atoms with E-state index in [9.17, 15) is 4.79 Å². The van der Waals surface area contributed by atoms with E-state index in [1.807, 2.05) is 68.4 Å². The minimum absolute atomic E-state index is 0.198. The van der Waals surface area contributed by atoms with Crippen LogP contribution in [0.15, 0.2) is 54.6 Å². The molecule has 0 spiro atoms. The molecule has 1 amide bonds. The zero-order chi connectivity index (χ0) is 21.1. The molecule has 1 atom stereocenters. The Balaban J connectivity index is 1.64. The summed E-state index contributed by atoms with van der Waals surface area (Å²) in [5.41, 5.74) is 3.38. The van der Waals surface area contributed by atoms with Crippen LogP contribution in [0.1, 0.15) is 34.3 Å². The lowest BCUT2D eigenvalue weighted by molar-refractivity contribution is 0.0933. The second kappa shape index (κ2) is 8.77. The number of thiazole rings is 1. The van der Waals surface area contributed by atoms with Crippen LogP contribution in [0.25, 0.3) is 21.5 Å². The van der Waals surface area contributed by atoms with Crippen LogP contribution >= 0.6 is 11.3 Å². The molecule has 1 N–H and O–H groups in total. The molecule has 6 nitrogen and oxygen atoms in total. The standard InChI is InChI=1S/C23H24N4O2S/c1-15(22-26-18-11-7-8-12-19(18)27(22)13-14-29-3)24-23(28)20-21(30-16(2)25-20)17-9-5-4-6-10-17/h4-12,15H,13-14H2,1-3H3,(H,24,28)/t15-/m0/s1. The van der Waals surface area contributed by atoms with E-state index in [2.05, 4.69) is 14.9 Å². The smallest absolute Gasteiger partial charge is 0.271 e. The number of para-hydroxylation sites is 2. The highest BCUT2D eigenvalue weighted by molar-refractivity contribution is 7.15. The van der Waals surface area contributed by atoms with E-state index >= 15 is 0 Å². The molecular formula is C23H24N4O2S. The molecule has 30 heavy (non-hydrogen) atoms. The number of carbonyl (C=O) groups excluding carboxylic acids is 1. The lowest BCUT2D eigenvalue weighted by Gasteiger charge is -2.16. The SMILES string of the molecule is COCCn1c([C@H](C)NC(=O)c2nc(C)sc2-c2ccccc2)nc2ccccc21. The van der Waals surface area contributed by atoms with E-state index < -0.39 is 0 Å². The largest absolute Gasteiger partial charge is 0.383 e. The summed E-state index contributed by atoms with van der Waals surface area (Å²) in [5.74, 6) is 0.603. The van der Waals surface area contributed by atoms with E-state index in [1.165, 1.54) is 11.3 Å². The Morgan fingerprint density at radius 1 is 1.13 bits per heavy atom. The normalized spacial score (nSPS) is 12.2. The maximum atomic E-state index is 13.1. The number of hydrogen-bond acceptors (Lipinski definition) is 5. The first-order chi connectivity index (χ1) is 14.6. The number of aromatic nitrogens is 3. The van der Waals surface area contributed by atoms with Gasteiger partial charge in [0.15, 0.2) is 0 Å². The number of methoxy groups -OCH3 is 1. The van der Waals surface area contributed by atoms with Gasteiger partial charge >= 0.3 is 0 Å². The average molecular weight is 421 g/mol. The number of ether oxygens (including phenoxy) is 1. The maximum Gasteiger partial charge on any atom is 0.271 e. The second-order valence-electron chi connectivity index (χ2n) is 7.07. The highest BCUT2D eigenvalue weighted by Crippen LogP contribution is 2.30. The van der Waals surface area contributed by atoms with Crippen molar-refractivity contribution >= 4 is 28.3 Å². The van der Waals surface area contributed by atoms with E-state index in [1.54, 1.807) is 7.11 Å². The van der Waals surface area contributed by atoms with Crippen LogP contribution in [0.3, 0.4) is 0 Å². The van der Waals surface area contributed by atoms with Crippen molar-refractivity contribution in [2.75, 3.05) is 13.7 Å². The Kier molecular flexibility index (Phi) is 5.92. The van der Waals surface area contributed by atoms with Gasteiger partial charge in [0.05, 0.1) is 33.6 Å². The molecule has 4 aromatic rings. The molecule has 0 aliphatic heterocycles. The Hall–Kier alpha value is -3.03. The predicted molar refractivity (Wildman–Crippen MR) is 120 cm³/mol. The zero-order valence-corrected chi connectivity index (χ0v) is 18.1. The summed E-state index contributed by atoms with van der Waals surface area (Å²) < 4.78 is 7.38. The van der Waals surface area contributed by atoms with E-state index in [4.69, 9.17) is 9.72 Å². The van der Waals surface area contributed by atoms with E-state index in [0.717, 1.165) is 32.3 Å². The van der Waals surface area contributed by atoms with Gasteiger partial charge in [0, 0.05) is 13.7 Å². The molecule has 0 aliphatic rings. The van der Waals surface area contributed by atoms with Crippen molar-refractivity contribution in [1.82, 2.24) is 19.9 Å². The number of hydrogen-bond donors (Lipinski definition) is 1. The molecule has 0 saturated heterocycles. The minimum Gasteiger partial charge on any atom is -0.383 e. The first-order valence-corrected chi connectivity index (χ1v) is 10.7. The fraction of sp³-hybridized carbons (Fsp3) is 0.261. The van der Waals surface area contributed by atoms with E-state index in [-0.39, 0.29) is 11.9 Å². The van der Waals surface area contributed by atoms with Crippen LogP contribution in [0.5, 0.6) is 0 Å². The van der Waals surface area contributed by atoms with Crippen molar-refractivity contribution in [3.05, 3.63) is 71.1 Å². The molecule has 0 aliphatic carbocycles. The zero-order valence-electron chi connectivity index (χ0n) is 17.3. The van der Waals surface area contributed by atoms with Gasteiger partial charge in [-0.2, -0.15) is 0 Å². The van der Waals surface area contributed by atoms with Crippen molar-refractivity contribution in [3.63, 3.8) is 0 Å². The maximum absolute atomic E-state index is 13.1. The number of fused-ring (bicyclic) bond motifs is 1. The van der Waals surface area contributed by atoms with Crippen molar-refractivity contribution in [2.24, 2.45) is 0 Å². The quantitative estimate of drug-likeness (QED) is 0.474. The molecule has 0 radical (unpaired) electrons. The lowest BCUT2D eigenvalue weighted by Crippen LogP contribution is -2.29. The van der Waals surface area contributed by atoms with E-state index in [0.29, 0.717) is 18.8 Å². The molecule has 4 rings (SSSR count). The van der Waals surface area contributed by atoms with Gasteiger partial charge in [-0.15, -0.1) is 11.3 Å². The third kappa shape index (κ3) is 3.99. The first-order valence-electron chi connectivity index (χ1n) is 9.86. The molecule has 0 saturated carbocycles. The van der Waals surface area contributed by atoms with Crippen LogP contribution in [0.2, 0.25) is 0 Å². The molecule has 2 heterocycles. The van der Waals surface area contributed by atoms with Gasteiger partial charge in [0.1, 0.15) is 11.5 Å². The van der Waals surface area contributed by atoms with Gasteiger partial charge in [-0.3, -0.25) is 4.79 Å². The van der Waals surface area contributed by atoms with Crippen molar-refractivity contribution in [1.29, 1.82) is 0 Å². The molecular weight excluding hydrogens is 396 g/mol. The number of nitrogens with zero attached hydrogens (tertiary/aromatic N) is 3. The first kappa shape index (κ1) is 20.3. The van der Waals surface area contributed by atoms with Gasteiger partial charge in [0.25, 0.3) is 5.91 Å². The summed E-state index contributed by atoms with van der Waals surface area (Å²) in [6, 6.07) is 17.6. The third-order valence-corrected chi connectivity index (χ3v) is 5.94. The van der Waals surface area contributed by atoms with Crippen LogP contribution in [0.4, 0.5) is 0 Å². The van der Waals surface area contributed by atoms with Gasteiger partial charge < -0.3 is 14.6 Å². The second-order valence-corrected chi connectivity index (χ2v) is 8.28. The van der Waals surface area contributed by atoms with Gasteiger partial charge in [0.2, 0.25) is 0 Å². The summed E-state index contributed by atoms with van der Waals surface area (Å²) in [5, 5.41) is 3.96. The van der Waals surface area contributed by atoms with Crippen molar-refractivity contribution in [2.45, 2.75) is 26.4 Å². The van der Waals surface area contributed by atoms with Crippen molar-refractivity contribution < 1.29 is 9.53 Å². The molecule has 7 heteroatoms. The highest BCUT2D eigenvalue weighted by atomic mass is 32.1. The summed E-state index contributed by atoms with van der Waals surface area (Å²) in [6.07, 6.45) is 0. The van der Waals surface area contributed by atoms with Gasteiger partial charge in [-0.05, 0) is 31.5 Å².